The molecule has 0 fully saturated rings. The second-order valence-electron chi connectivity index (χ2n) is 7.79. The number of carbonyl (C=O) groups is 2. The van der Waals surface area contributed by atoms with E-state index in [9.17, 15) is 24.6 Å². The Labute approximate surface area is 175 Å². The molecule has 1 heterocycles. The Kier molecular flexibility index (Phi) is 7.08. The Morgan fingerprint density at radius 2 is 1.80 bits per heavy atom. The lowest BCUT2D eigenvalue weighted by atomic mass is 9.90. The molecule has 0 bridgehead atoms. The number of ketones is 1. The molecule has 0 saturated heterocycles. The smallest absolute Gasteiger partial charge is 0.336 e. The summed E-state index contributed by atoms with van der Waals surface area (Å²) >= 11 is 0. The van der Waals surface area contributed by atoms with Gasteiger partial charge in [-0.15, -0.1) is 0 Å². The van der Waals surface area contributed by atoms with E-state index in [-0.39, 0.29) is 39.8 Å². The number of carbonyl (C=O) groups excluding carboxylic acids is 2. The SMILES string of the molecule is CCC(OC(C)=O)c1cc(=O)oc2c(C(=O)C(C)C)c(O)c(CC=C(C)C)c(O)c12. The number of phenolic OH excluding ortho intramolecular Hbond substituents is 2. The molecular weight excluding hydrogens is 388 g/mol. The molecule has 30 heavy (non-hydrogen) atoms. The van der Waals surface area contributed by atoms with Gasteiger partial charge in [0.2, 0.25) is 0 Å². The molecule has 1 aromatic carbocycles. The van der Waals surface area contributed by atoms with Gasteiger partial charge in [0.25, 0.3) is 0 Å². The summed E-state index contributed by atoms with van der Waals surface area (Å²) in [6.07, 6.45) is 1.46. The van der Waals surface area contributed by atoms with E-state index >= 15 is 0 Å². The van der Waals surface area contributed by atoms with Crippen LogP contribution in [0.2, 0.25) is 0 Å². The summed E-state index contributed by atoms with van der Waals surface area (Å²) in [5.74, 6) is -2.22. The summed E-state index contributed by atoms with van der Waals surface area (Å²) in [5.41, 5.74) is 0.172. The molecule has 2 aromatic rings. The van der Waals surface area contributed by atoms with Crippen molar-refractivity contribution >= 4 is 22.7 Å². The molecule has 1 aromatic heterocycles. The molecule has 7 heteroatoms. The number of phenols is 2. The van der Waals surface area contributed by atoms with Crippen LogP contribution in [0.5, 0.6) is 11.5 Å². The fourth-order valence-corrected chi connectivity index (χ4v) is 3.29. The number of aromatic hydroxyl groups is 2. The average molecular weight is 416 g/mol. The van der Waals surface area contributed by atoms with Crippen LogP contribution in [-0.4, -0.2) is 22.0 Å². The lowest BCUT2D eigenvalue weighted by Gasteiger charge is -2.20. The first kappa shape index (κ1) is 23.2. The molecule has 7 nitrogen and oxygen atoms in total. The number of benzene rings is 1. The first-order valence-electron chi connectivity index (χ1n) is 9.88. The third kappa shape index (κ3) is 4.56. The molecular formula is C23H28O7. The van der Waals surface area contributed by atoms with Crippen LogP contribution in [0.4, 0.5) is 0 Å². The highest BCUT2D eigenvalue weighted by molar-refractivity contribution is 6.12. The highest BCUT2D eigenvalue weighted by Gasteiger charge is 2.30. The van der Waals surface area contributed by atoms with E-state index in [1.165, 1.54) is 6.92 Å². The Balaban J connectivity index is 3.04. The van der Waals surface area contributed by atoms with Crippen molar-refractivity contribution in [3.63, 3.8) is 0 Å². The standard InChI is InChI=1S/C23H28O7/c1-7-16(29-13(6)24)15-10-17(25)30-23-18(15)21(27)14(9-8-11(2)3)22(28)19(23)20(26)12(4)5/h8,10,12,16,27-28H,7,9H2,1-6H3. The normalized spacial score (nSPS) is 12.1. The predicted molar refractivity (Wildman–Crippen MR) is 113 cm³/mol. The zero-order chi connectivity index (χ0) is 22.7. The van der Waals surface area contributed by atoms with E-state index in [1.54, 1.807) is 26.8 Å². The molecule has 1 atom stereocenters. The minimum Gasteiger partial charge on any atom is -0.507 e. The molecule has 0 spiro atoms. The summed E-state index contributed by atoms with van der Waals surface area (Å²) in [7, 11) is 0. The zero-order valence-electron chi connectivity index (χ0n) is 18.2. The van der Waals surface area contributed by atoms with Crippen LogP contribution >= 0.6 is 0 Å². The zero-order valence-corrected chi connectivity index (χ0v) is 18.2. The highest BCUT2D eigenvalue weighted by Crippen LogP contribution is 2.44. The maximum atomic E-state index is 12.9. The minimum absolute atomic E-state index is 0.0849. The van der Waals surface area contributed by atoms with Crippen molar-refractivity contribution in [3.8, 4) is 11.5 Å². The largest absolute Gasteiger partial charge is 0.507 e. The van der Waals surface area contributed by atoms with Crippen molar-refractivity contribution in [1.82, 2.24) is 0 Å². The molecule has 0 amide bonds. The van der Waals surface area contributed by atoms with E-state index in [2.05, 4.69) is 0 Å². The predicted octanol–water partition coefficient (Wildman–Crippen LogP) is 4.57. The topological polar surface area (TPSA) is 114 Å². The van der Waals surface area contributed by atoms with E-state index in [1.807, 2.05) is 13.8 Å². The molecule has 0 saturated carbocycles. The fraction of sp³-hybridized carbons (Fsp3) is 0.435. The van der Waals surface area contributed by atoms with Gasteiger partial charge in [0.15, 0.2) is 11.4 Å². The lowest BCUT2D eigenvalue weighted by molar-refractivity contribution is -0.146. The molecule has 2 rings (SSSR count). The monoisotopic (exact) mass is 416 g/mol. The van der Waals surface area contributed by atoms with Gasteiger partial charge in [-0.05, 0) is 26.7 Å². The van der Waals surface area contributed by atoms with Gasteiger partial charge in [-0.1, -0.05) is 32.4 Å². The Bertz CT molecular complexity index is 1070. The van der Waals surface area contributed by atoms with Crippen LogP contribution in [0.25, 0.3) is 11.0 Å². The molecule has 0 aliphatic carbocycles. The summed E-state index contributed by atoms with van der Waals surface area (Å²) in [5, 5.41) is 22.0. The van der Waals surface area contributed by atoms with Crippen LogP contribution in [0.1, 0.15) is 75.6 Å². The Hall–Kier alpha value is -3.09. The van der Waals surface area contributed by atoms with Crippen LogP contribution in [0, 0.1) is 5.92 Å². The molecule has 162 valence electrons. The molecule has 2 N–H and O–H groups in total. The number of Topliss-reactive ketones (excluding diaryl/α,β-unsaturated/α-hetero) is 1. The highest BCUT2D eigenvalue weighted by atomic mass is 16.5. The Morgan fingerprint density at radius 3 is 2.30 bits per heavy atom. The lowest BCUT2D eigenvalue weighted by Crippen LogP contribution is -2.15. The van der Waals surface area contributed by atoms with Gasteiger partial charge in [-0.3, -0.25) is 9.59 Å². The third-order valence-corrected chi connectivity index (χ3v) is 4.78. The molecule has 0 radical (unpaired) electrons. The average Bonchev–Trinajstić information content (AvgIpc) is 2.64. The fourth-order valence-electron chi connectivity index (χ4n) is 3.29. The molecule has 0 aliphatic heterocycles. The van der Waals surface area contributed by atoms with Gasteiger partial charge >= 0.3 is 11.6 Å². The van der Waals surface area contributed by atoms with Gasteiger partial charge in [-0.2, -0.15) is 0 Å². The maximum Gasteiger partial charge on any atom is 0.336 e. The second-order valence-corrected chi connectivity index (χ2v) is 7.79. The van der Waals surface area contributed by atoms with Crippen molar-refractivity contribution in [1.29, 1.82) is 0 Å². The molecule has 1 unspecified atom stereocenters. The first-order valence-corrected chi connectivity index (χ1v) is 9.88. The summed E-state index contributed by atoms with van der Waals surface area (Å²) in [6.45, 7) is 10.1. The van der Waals surface area contributed by atoms with Crippen molar-refractivity contribution in [3.05, 3.63) is 44.8 Å². The van der Waals surface area contributed by atoms with Gasteiger partial charge < -0.3 is 19.4 Å². The first-order chi connectivity index (χ1) is 14.0. The maximum absolute atomic E-state index is 12.9. The van der Waals surface area contributed by atoms with Gasteiger partial charge in [0.05, 0.1) is 5.39 Å². The van der Waals surface area contributed by atoms with Gasteiger partial charge in [-0.25, -0.2) is 4.79 Å². The van der Waals surface area contributed by atoms with Crippen molar-refractivity contribution in [2.45, 2.75) is 60.5 Å². The third-order valence-electron chi connectivity index (χ3n) is 4.78. The second kappa shape index (κ2) is 9.15. The number of hydrogen-bond acceptors (Lipinski definition) is 7. The number of fused-ring (bicyclic) bond motifs is 1. The van der Waals surface area contributed by atoms with Gasteiger partial charge in [0.1, 0.15) is 23.2 Å². The number of esters is 1. The molecule has 0 aliphatic rings. The Morgan fingerprint density at radius 1 is 1.17 bits per heavy atom. The number of hydrogen-bond donors (Lipinski definition) is 2. The van der Waals surface area contributed by atoms with Crippen LogP contribution in [0.3, 0.4) is 0 Å². The minimum atomic E-state index is -0.831. The van der Waals surface area contributed by atoms with Crippen molar-refractivity contribution in [2.75, 3.05) is 0 Å². The summed E-state index contributed by atoms with van der Waals surface area (Å²) < 4.78 is 10.6. The van der Waals surface area contributed by atoms with Crippen molar-refractivity contribution in [2.24, 2.45) is 5.92 Å². The number of rotatable bonds is 7. The van der Waals surface area contributed by atoms with Crippen LogP contribution in [0.15, 0.2) is 26.9 Å². The van der Waals surface area contributed by atoms with E-state index < -0.39 is 35.1 Å². The van der Waals surface area contributed by atoms with Crippen LogP contribution in [-0.2, 0) is 16.0 Å². The number of allylic oxidation sites excluding steroid dienone is 2. The summed E-state index contributed by atoms with van der Waals surface area (Å²) in [6, 6.07) is 1.14. The summed E-state index contributed by atoms with van der Waals surface area (Å²) in [4.78, 5) is 36.8. The van der Waals surface area contributed by atoms with Crippen LogP contribution < -0.4 is 5.63 Å². The van der Waals surface area contributed by atoms with Crippen molar-refractivity contribution < 1.29 is 29.0 Å². The number of ether oxygens (including phenoxy) is 1. The van der Waals surface area contributed by atoms with E-state index in [0.717, 1.165) is 11.6 Å². The van der Waals surface area contributed by atoms with Gasteiger partial charge in [0, 0.05) is 30.0 Å². The van der Waals surface area contributed by atoms with E-state index in [4.69, 9.17) is 9.15 Å². The van der Waals surface area contributed by atoms with E-state index in [0.29, 0.717) is 6.42 Å². The quantitative estimate of drug-likeness (QED) is 0.294.